The number of ether oxygens (including phenoxy) is 1. The molecule has 1 rings (SSSR count). The average Bonchev–Trinajstić information content (AvgIpc) is 2.35. The molecule has 0 aliphatic carbocycles. The summed E-state index contributed by atoms with van der Waals surface area (Å²) >= 11 is 0. The highest BCUT2D eigenvalue weighted by molar-refractivity contribution is 7.92. The SMILES string of the molecule is CCOc1cc(NCC(C)(C)S(C)(=O)=O)ccc1[N+](=O)[O-]. The van der Waals surface area contributed by atoms with E-state index in [1.54, 1.807) is 20.8 Å². The van der Waals surface area contributed by atoms with Gasteiger partial charge in [-0.1, -0.05) is 0 Å². The molecule has 118 valence electrons. The predicted octanol–water partition coefficient (Wildman–Crippen LogP) is 2.23. The molecule has 8 heteroatoms. The lowest BCUT2D eigenvalue weighted by Crippen LogP contribution is -2.38. The van der Waals surface area contributed by atoms with Crippen LogP contribution in [0.3, 0.4) is 0 Å². The van der Waals surface area contributed by atoms with E-state index in [4.69, 9.17) is 4.74 Å². The van der Waals surface area contributed by atoms with Gasteiger partial charge in [-0.25, -0.2) is 8.42 Å². The van der Waals surface area contributed by atoms with Crippen molar-refractivity contribution in [1.29, 1.82) is 0 Å². The van der Waals surface area contributed by atoms with Crippen LogP contribution in [0.25, 0.3) is 0 Å². The number of nitro groups is 1. The quantitative estimate of drug-likeness (QED) is 0.612. The fourth-order valence-electron chi connectivity index (χ4n) is 1.49. The van der Waals surface area contributed by atoms with E-state index in [-0.39, 0.29) is 18.0 Å². The summed E-state index contributed by atoms with van der Waals surface area (Å²) in [5.41, 5.74) is 0.450. The summed E-state index contributed by atoms with van der Waals surface area (Å²) < 4.78 is 27.6. The molecule has 1 aromatic rings. The molecule has 1 N–H and O–H groups in total. The highest BCUT2D eigenvalue weighted by atomic mass is 32.2. The molecule has 0 aromatic heterocycles. The summed E-state index contributed by atoms with van der Waals surface area (Å²) in [6.07, 6.45) is 1.18. The van der Waals surface area contributed by atoms with Crippen molar-refractivity contribution >= 4 is 21.2 Å². The van der Waals surface area contributed by atoms with Gasteiger partial charge in [0.15, 0.2) is 15.6 Å². The molecule has 0 saturated heterocycles. The third-order valence-corrected chi connectivity index (χ3v) is 5.33. The normalized spacial score (nSPS) is 12.0. The van der Waals surface area contributed by atoms with Crippen LogP contribution in [0, 0.1) is 10.1 Å². The van der Waals surface area contributed by atoms with Gasteiger partial charge in [-0.2, -0.15) is 0 Å². The molecule has 0 spiro atoms. The summed E-state index contributed by atoms with van der Waals surface area (Å²) in [4.78, 5) is 10.4. The summed E-state index contributed by atoms with van der Waals surface area (Å²) in [5, 5.41) is 13.9. The van der Waals surface area contributed by atoms with E-state index in [1.165, 1.54) is 24.5 Å². The zero-order valence-corrected chi connectivity index (χ0v) is 13.4. The van der Waals surface area contributed by atoms with Crippen LogP contribution in [0.2, 0.25) is 0 Å². The second-order valence-corrected chi connectivity index (χ2v) is 7.91. The van der Waals surface area contributed by atoms with E-state index >= 15 is 0 Å². The standard InChI is InChI=1S/C13H20N2O5S/c1-5-20-12-8-10(6-7-11(12)15(16)17)14-9-13(2,3)21(4,18)19/h6-8,14H,5,9H2,1-4H3. The second kappa shape index (κ2) is 6.30. The Morgan fingerprint density at radius 1 is 1.38 bits per heavy atom. The maximum Gasteiger partial charge on any atom is 0.311 e. The minimum atomic E-state index is -3.22. The highest BCUT2D eigenvalue weighted by Gasteiger charge is 2.30. The number of hydrogen-bond acceptors (Lipinski definition) is 6. The molecule has 0 aliphatic heterocycles. The van der Waals surface area contributed by atoms with Gasteiger partial charge in [0.2, 0.25) is 0 Å². The fourth-order valence-corrected chi connectivity index (χ4v) is 1.83. The molecule has 7 nitrogen and oxygen atoms in total. The Morgan fingerprint density at radius 3 is 2.48 bits per heavy atom. The van der Waals surface area contributed by atoms with Crippen molar-refractivity contribution in [2.24, 2.45) is 0 Å². The van der Waals surface area contributed by atoms with E-state index < -0.39 is 19.5 Å². The Hall–Kier alpha value is -1.83. The van der Waals surface area contributed by atoms with Crippen LogP contribution in [0.4, 0.5) is 11.4 Å². The maximum atomic E-state index is 11.6. The first-order valence-corrected chi connectivity index (χ1v) is 8.32. The van der Waals surface area contributed by atoms with Gasteiger partial charge in [0.1, 0.15) is 0 Å². The van der Waals surface area contributed by atoms with E-state index in [9.17, 15) is 18.5 Å². The van der Waals surface area contributed by atoms with Crippen molar-refractivity contribution in [2.75, 3.05) is 24.7 Å². The summed E-state index contributed by atoms with van der Waals surface area (Å²) in [5.74, 6) is 0.157. The van der Waals surface area contributed by atoms with Crippen molar-refractivity contribution in [2.45, 2.75) is 25.5 Å². The highest BCUT2D eigenvalue weighted by Crippen LogP contribution is 2.30. The minimum Gasteiger partial charge on any atom is -0.487 e. The van der Waals surface area contributed by atoms with Gasteiger partial charge in [-0.05, 0) is 26.8 Å². The van der Waals surface area contributed by atoms with Gasteiger partial charge in [-0.3, -0.25) is 10.1 Å². The summed E-state index contributed by atoms with van der Waals surface area (Å²) in [6, 6.07) is 4.36. The Kier molecular flexibility index (Phi) is 5.16. The fraction of sp³-hybridized carbons (Fsp3) is 0.538. The van der Waals surface area contributed by atoms with Crippen LogP contribution in [0.5, 0.6) is 5.75 Å². The molecule has 0 radical (unpaired) electrons. The molecule has 1 aromatic carbocycles. The maximum absolute atomic E-state index is 11.6. The molecule has 0 aliphatic rings. The van der Waals surface area contributed by atoms with Crippen molar-refractivity contribution in [3.05, 3.63) is 28.3 Å². The van der Waals surface area contributed by atoms with Crippen LogP contribution in [0.1, 0.15) is 20.8 Å². The molecule has 0 atom stereocenters. The summed E-state index contributed by atoms with van der Waals surface area (Å²) in [6.45, 7) is 5.46. The zero-order chi connectivity index (χ0) is 16.3. The van der Waals surface area contributed by atoms with Crippen molar-refractivity contribution < 1.29 is 18.1 Å². The monoisotopic (exact) mass is 316 g/mol. The molecule has 0 amide bonds. The lowest BCUT2D eigenvalue weighted by atomic mass is 10.2. The van der Waals surface area contributed by atoms with Crippen LogP contribution in [0.15, 0.2) is 18.2 Å². The Bertz CT molecular complexity index is 625. The van der Waals surface area contributed by atoms with Crippen molar-refractivity contribution in [3.63, 3.8) is 0 Å². The molecular weight excluding hydrogens is 296 g/mol. The lowest BCUT2D eigenvalue weighted by Gasteiger charge is -2.23. The van der Waals surface area contributed by atoms with Crippen molar-refractivity contribution in [3.8, 4) is 5.75 Å². The van der Waals surface area contributed by atoms with Gasteiger partial charge >= 0.3 is 5.69 Å². The first-order valence-electron chi connectivity index (χ1n) is 6.43. The van der Waals surface area contributed by atoms with E-state index in [1.807, 2.05) is 0 Å². The van der Waals surface area contributed by atoms with Crippen molar-refractivity contribution in [1.82, 2.24) is 0 Å². The number of nitro benzene ring substituents is 1. The topological polar surface area (TPSA) is 98.5 Å². The number of rotatable bonds is 7. The molecule has 0 saturated carbocycles. The third kappa shape index (κ3) is 4.32. The number of nitrogens with zero attached hydrogens (tertiary/aromatic N) is 1. The smallest absolute Gasteiger partial charge is 0.311 e. The number of hydrogen-bond donors (Lipinski definition) is 1. The number of benzene rings is 1. The molecule has 0 heterocycles. The molecule has 0 fully saturated rings. The second-order valence-electron chi connectivity index (χ2n) is 5.26. The third-order valence-electron chi connectivity index (χ3n) is 3.18. The van der Waals surface area contributed by atoms with E-state index in [0.29, 0.717) is 12.3 Å². The molecule has 21 heavy (non-hydrogen) atoms. The van der Waals surface area contributed by atoms with Gasteiger partial charge < -0.3 is 10.1 Å². The first-order chi connectivity index (χ1) is 9.58. The van der Waals surface area contributed by atoms with E-state index in [0.717, 1.165) is 0 Å². The van der Waals surface area contributed by atoms with Gasteiger partial charge in [-0.15, -0.1) is 0 Å². The Labute approximate surface area is 124 Å². The number of nitrogens with one attached hydrogen (secondary N) is 1. The van der Waals surface area contributed by atoms with Crippen LogP contribution in [-0.2, 0) is 9.84 Å². The van der Waals surface area contributed by atoms with Gasteiger partial charge in [0.25, 0.3) is 0 Å². The predicted molar refractivity (Wildman–Crippen MR) is 81.7 cm³/mol. The zero-order valence-electron chi connectivity index (χ0n) is 12.5. The largest absolute Gasteiger partial charge is 0.487 e. The molecule has 0 unspecified atom stereocenters. The lowest BCUT2D eigenvalue weighted by molar-refractivity contribution is -0.385. The van der Waals surface area contributed by atoms with Crippen LogP contribution < -0.4 is 10.1 Å². The Morgan fingerprint density at radius 2 is 2.00 bits per heavy atom. The Balaban J connectivity index is 2.96. The average molecular weight is 316 g/mol. The van der Waals surface area contributed by atoms with Crippen LogP contribution in [-0.4, -0.2) is 37.5 Å². The number of sulfone groups is 1. The first kappa shape index (κ1) is 17.2. The van der Waals surface area contributed by atoms with Gasteiger partial charge in [0.05, 0.1) is 16.3 Å². The van der Waals surface area contributed by atoms with Crippen LogP contribution >= 0.6 is 0 Å². The number of anilines is 1. The molecule has 0 bridgehead atoms. The molecular formula is C13H20N2O5S. The minimum absolute atomic E-state index is 0.121. The summed E-state index contributed by atoms with van der Waals surface area (Å²) in [7, 11) is -3.22. The van der Waals surface area contributed by atoms with Gasteiger partial charge in [0, 0.05) is 30.6 Å². The van der Waals surface area contributed by atoms with E-state index in [2.05, 4.69) is 5.32 Å².